The van der Waals surface area contributed by atoms with Crippen molar-refractivity contribution < 1.29 is 0 Å². The molecule has 7 heavy (non-hydrogen) atoms. The van der Waals surface area contributed by atoms with E-state index in [9.17, 15) is 0 Å². The number of hydrogen-bond acceptors (Lipinski definition) is 1. The molecule has 1 aromatic rings. The molecule has 0 aliphatic heterocycles. The van der Waals surface area contributed by atoms with Gasteiger partial charge in [-0.1, -0.05) is 0 Å². The zero-order chi connectivity index (χ0) is 4.41. The van der Waals surface area contributed by atoms with Gasteiger partial charge in [-0.05, 0) is 0 Å². The smallest absolute Gasteiger partial charge is 3.00 e. The van der Waals surface area contributed by atoms with Crippen LogP contribution in [0.25, 0.3) is 0 Å². The van der Waals surface area contributed by atoms with Crippen molar-refractivity contribution in [1.82, 2.24) is 9.69 Å². The Hall–Kier alpha value is 0.145. The van der Waals surface area contributed by atoms with Gasteiger partial charge in [-0.3, -0.25) is 0 Å². The molecule has 0 aliphatic rings. The number of aromatic nitrogens is 2. The van der Waals surface area contributed by atoms with Gasteiger partial charge < -0.3 is 0 Å². The third kappa shape index (κ3) is 2.07. The summed E-state index contributed by atoms with van der Waals surface area (Å²) in [5.74, 6) is 0. The predicted molar refractivity (Wildman–Crippen MR) is 29.1 cm³/mol. The van der Waals surface area contributed by atoms with Crippen molar-refractivity contribution in [3.8, 4) is 0 Å². The molecule has 0 bridgehead atoms. The van der Waals surface area contributed by atoms with E-state index >= 15 is 0 Å². The van der Waals surface area contributed by atoms with Gasteiger partial charge in [0.2, 0.25) is 0 Å². The van der Waals surface area contributed by atoms with E-state index in [1.54, 1.807) is 18.5 Å². The summed E-state index contributed by atoms with van der Waals surface area (Å²) in [5, 5.41) is 3.61. The van der Waals surface area contributed by atoms with E-state index in [4.69, 9.17) is 7.98 Å². The fourth-order valence-corrected chi connectivity index (χ4v) is 0.281. The Morgan fingerprint density at radius 3 is 2.43 bits per heavy atom. The Morgan fingerprint density at radius 1 is 1.57 bits per heavy atom. The van der Waals surface area contributed by atoms with Gasteiger partial charge >= 0.3 is 62.0 Å². The Labute approximate surface area is 62.1 Å². The van der Waals surface area contributed by atoms with Gasteiger partial charge in [0, 0.05) is 0 Å². The molecule has 1 aromatic heterocycles. The molecule has 26 valence electrons. The van der Waals surface area contributed by atoms with E-state index in [0.29, 0.717) is 0 Å². The zero-order valence-electron chi connectivity index (χ0n) is 3.78. The predicted octanol–water partition coefficient (Wildman–Crippen LogP) is -0.566. The minimum Gasteiger partial charge on any atom is 3.00 e. The molecule has 1 rings (SSSR count). The summed E-state index contributed by atoms with van der Waals surface area (Å²) >= 11 is 0. The molecular weight excluding hydrogens is 190 g/mol. The molecule has 0 saturated carbocycles. The van der Waals surface area contributed by atoms with Crippen molar-refractivity contribution in [2.45, 2.75) is 0 Å². The van der Waals surface area contributed by atoms with Crippen LogP contribution in [-0.4, -0.2) is 43.5 Å². The molecule has 0 N–H and O–H groups in total. The second-order valence-corrected chi connectivity index (χ2v) is 0.986. The van der Waals surface area contributed by atoms with Gasteiger partial charge in [0.25, 0.3) is 0 Å². The van der Waals surface area contributed by atoms with Crippen LogP contribution in [0, 0.1) is 0 Å². The SMILES string of the molecule is [B+2]n1cccn1.[In+3]. The molecule has 2 nitrogen and oxygen atoms in total. The van der Waals surface area contributed by atoms with Crippen molar-refractivity contribution in [2.75, 3.05) is 0 Å². The molecule has 0 fully saturated rings. The summed E-state index contributed by atoms with van der Waals surface area (Å²) in [7, 11) is 5.08. The first-order chi connectivity index (χ1) is 2.89. The summed E-state index contributed by atoms with van der Waals surface area (Å²) in [6.07, 6.45) is 3.29. The molecule has 0 aromatic carbocycles. The van der Waals surface area contributed by atoms with E-state index < -0.39 is 0 Å². The fourth-order valence-electron chi connectivity index (χ4n) is 0.281. The van der Waals surface area contributed by atoms with Crippen LogP contribution >= 0.6 is 0 Å². The van der Waals surface area contributed by atoms with E-state index in [-0.39, 0.29) is 25.8 Å². The number of hydrogen-bond donors (Lipinski definition) is 0. The second kappa shape index (κ2) is 3.19. The summed E-state index contributed by atoms with van der Waals surface area (Å²) in [5.41, 5.74) is 0. The Bertz CT molecular complexity index is 116. The molecule has 0 spiro atoms. The molecule has 0 amide bonds. The average Bonchev–Trinajstić information content (AvgIpc) is 1.86. The van der Waals surface area contributed by atoms with Crippen molar-refractivity contribution in [3.63, 3.8) is 0 Å². The van der Waals surface area contributed by atoms with Crippen LogP contribution in [-0.2, 0) is 0 Å². The van der Waals surface area contributed by atoms with Gasteiger partial charge in [0.1, 0.15) is 0 Å². The summed E-state index contributed by atoms with van der Waals surface area (Å²) < 4.78 is 1.25. The molecule has 0 unspecified atom stereocenters. The maximum absolute atomic E-state index is 5.08. The van der Waals surface area contributed by atoms with Gasteiger partial charge in [-0.2, -0.15) is 0 Å². The van der Waals surface area contributed by atoms with Crippen LogP contribution < -0.4 is 0 Å². The number of rotatable bonds is 0. The van der Waals surface area contributed by atoms with Gasteiger partial charge in [-0.15, -0.1) is 0 Å². The van der Waals surface area contributed by atoms with Gasteiger partial charge in [0.05, 0.1) is 0 Å². The van der Waals surface area contributed by atoms with E-state index in [1.165, 1.54) is 4.59 Å². The van der Waals surface area contributed by atoms with Gasteiger partial charge in [0.15, 0.2) is 0 Å². The standard InChI is InChI=1S/C3H3BN2.In/c4-6-3-1-2-5-6;/h1-3H;/q+2;+3. The Morgan fingerprint density at radius 2 is 2.29 bits per heavy atom. The first-order valence-electron chi connectivity index (χ1n) is 1.64. The molecular formula is C3H3BInN2+5. The normalized spacial score (nSPS) is 7.71. The largest absolute Gasteiger partial charge is 3.00 e. The fraction of sp³-hybridized carbons (Fsp3) is 0. The van der Waals surface area contributed by atoms with Crippen molar-refractivity contribution in [3.05, 3.63) is 18.5 Å². The zero-order valence-corrected chi connectivity index (χ0v) is 7.08. The molecule has 0 saturated heterocycles. The summed E-state index contributed by atoms with van der Waals surface area (Å²) in [6, 6.07) is 1.76. The molecule has 1 heterocycles. The molecule has 0 atom stereocenters. The number of nitrogens with zero attached hydrogens (tertiary/aromatic N) is 2. The third-order valence-electron chi connectivity index (χ3n) is 0.525. The minimum absolute atomic E-state index is 0. The van der Waals surface area contributed by atoms with Crippen LogP contribution in [0.5, 0.6) is 0 Å². The Kier molecular flexibility index (Phi) is 3.25. The topological polar surface area (TPSA) is 17.8 Å². The molecule has 0 radical (unpaired) electrons. The monoisotopic (exact) mass is 193 g/mol. The maximum Gasteiger partial charge on any atom is 3.00 e. The maximum atomic E-state index is 5.08. The van der Waals surface area contributed by atoms with Crippen molar-refractivity contribution in [2.24, 2.45) is 0 Å². The van der Waals surface area contributed by atoms with E-state index in [1.807, 2.05) is 0 Å². The quantitative estimate of drug-likeness (QED) is 0.504. The minimum atomic E-state index is 0. The average molecular weight is 193 g/mol. The summed E-state index contributed by atoms with van der Waals surface area (Å²) in [6.45, 7) is 0. The van der Waals surface area contributed by atoms with Crippen molar-refractivity contribution >= 4 is 33.8 Å². The van der Waals surface area contributed by atoms with E-state index in [2.05, 4.69) is 5.10 Å². The van der Waals surface area contributed by atoms with Crippen molar-refractivity contribution in [1.29, 1.82) is 0 Å². The van der Waals surface area contributed by atoms with Crippen LogP contribution in [0.2, 0.25) is 0 Å². The third-order valence-corrected chi connectivity index (χ3v) is 0.525. The summed E-state index contributed by atoms with van der Waals surface area (Å²) in [4.78, 5) is 0. The first kappa shape index (κ1) is 7.15. The van der Waals surface area contributed by atoms with Crippen LogP contribution in [0.1, 0.15) is 0 Å². The van der Waals surface area contributed by atoms with E-state index in [0.717, 1.165) is 0 Å². The van der Waals surface area contributed by atoms with Crippen LogP contribution in [0.3, 0.4) is 0 Å². The van der Waals surface area contributed by atoms with Gasteiger partial charge in [-0.25, -0.2) is 0 Å². The second-order valence-electron chi connectivity index (χ2n) is 0.986. The first-order valence-corrected chi connectivity index (χ1v) is 1.64. The van der Waals surface area contributed by atoms with Crippen LogP contribution in [0.4, 0.5) is 0 Å². The van der Waals surface area contributed by atoms with Crippen LogP contribution in [0.15, 0.2) is 18.5 Å². The molecule has 4 heteroatoms. The molecule has 0 aliphatic carbocycles. The Balaban J connectivity index is 0.000000360.